The van der Waals surface area contributed by atoms with Crippen molar-refractivity contribution in [2.45, 2.75) is 244 Å². The van der Waals surface area contributed by atoms with Crippen LogP contribution in [0.2, 0.25) is 36.3 Å². The zero-order valence-corrected chi connectivity index (χ0v) is 77.3. The molecular weight excluding hydrogens is 1660 g/mol. The average molecular weight is 1770 g/mol. The Balaban J connectivity index is 0.000000196. The molecule has 2 aliphatic heterocycles. The van der Waals surface area contributed by atoms with Gasteiger partial charge in [-0.1, -0.05) is 169 Å². The van der Waals surface area contributed by atoms with Crippen LogP contribution < -0.4 is 30.0 Å². The second kappa shape index (κ2) is 34.6. The van der Waals surface area contributed by atoms with Gasteiger partial charge in [-0.3, -0.25) is 19.2 Å². The molecule has 0 spiro atoms. The van der Waals surface area contributed by atoms with Crippen molar-refractivity contribution in [3.8, 4) is 23.3 Å². The Labute approximate surface area is 742 Å². The number of Topliss-reactive ketones (excluding diaryl/α,β-unsaturated/α-hetero) is 4. The van der Waals surface area contributed by atoms with Crippen molar-refractivity contribution in [2.75, 3.05) is 19.6 Å². The highest BCUT2D eigenvalue weighted by molar-refractivity contribution is 6.75. The van der Waals surface area contributed by atoms with E-state index in [0.29, 0.717) is 38.8 Å². The highest BCUT2D eigenvalue weighted by Gasteiger charge is 2.71. The number of nitrogens with zero attached hydrogens (tertiary/aromatic N) is 4. The number of hydrogen-bond donors (Lipinski definition) is 4. The Bertz CT molecular complexity index is 5650. The maximum Gasteiger partial charge on any atom is 0.410 e. The largest absolute Gasteiger partial charge is 0.507 e. The van der Waals surface area contributed by atoms with Crippen LogP contribution in [-0.2, 0) is 67.2 Å². The number of carbonyl (C=O) groups excluding carboxylic acids is 6. The predicted molar refractivity (Wildman–Crippen MR) is 477 cm³/mol. The first-order chi connectivity index (χ1) is 60.0. The van der Waals surface area contributed by atoms with E-state index in [0.717, 1.165) is 22.3 Å². The third kappa shape index (κ3) is 16.9. The number of likely N-dealkylation sites (tertiary alicyclic amines) is 2. The molecule has 2 amide bonds. The van der Waals surface area contributed by atoms with Crippen LogP contribution in [0.4, 0.5) is 18.4 Å². The smallest absolute Gasteiger partial charge is 0.410 e. The summed E-state index contributed by atoms with van der Waals surface area (Å²) in [6.07, 6.45) is 2.94. The van der Waals surface area contributed by atoms with E-state index in [9.17, 15) is 19.8 Å². The van der Waals surface area contributed by atoms with Gasteiger partial charge >= 0.3 is 12.2 Å². The Kier molecular flexibility index (Phi) is 24.8. The van der Waals surface area contributed by atoms with Crippen molar-refractivity contribution in [2.24, 2.45) is 29.4 Å². The van der Waals surface area contributed by atoms with E-state index in [-0.39, 0.29) is 149 Å². The number of rotatable bonds is 21. The first kappa shape index (κ1) is 90.9. The van der Waals surface area contributed by atoms with Gasteiger partial charge in [0.2, 0.25) is 23.1 Å². The normalized spacial score (nSPS) is 23.4. The van der Waals surface area contributed by atoms with Gasteiger partial charge in [0, 0.05) is 64.9 Å². The summed E-state index contributed by atoms with van der Waals surface area (Å²) in [5, 5.41) is 36.2. The van der Waals surface area contributed by atoms with Crippen LogP contribution in [0.15, 0.2) is 166 Å². The van der Waals surface area contributed by atoms with Crippen molar-refractivity contribution in [3.63, 3.8) is 0 Å². The number of aliphatic hydroxyl groups is 2. The molecule has 5 N–H and O–H groups in total. The zero-order chi connectivity index (χ0) is 91.2. The fourth-order valence-corrected chi connectivity index (χ4v) is 21.7. The van der Waals surface area contributed by atoms with Gasteiger partial charge in [0.1, 0.15) is 83.4 Å². The summed E-state index contributed by atoms with van der Waals surface area (Å²) < 4.78 is 98.0. The molecule has 672 valence electrons. The number of ether oxygens (including phenoxy) is 6. The molecule has 127 heavy (non-hydrogen) atoms. The minimum atomic E-state index is -3.03. The number of aromatic nitrogens is 2. The number of nitrogens with one attached hydrogen (secondary N) is 1. The van der Waals surface area contributed by atoms with E-state index in [2.05, 4.69) is 22.2 Å². The topological polar surface area (TPSA) is 313 Å². The van der Waals surface area contributed by atoms with E-state index in [1.807, 2.05) is 189 Å². The summed E-state index contributed by atoms with van der Waals surface area (Å²) in [7, 11) is -6.04. The van der Waals surface area contributed by atoms with Gasteiger partial charge < -0.3 is 77.4 Å². The molecule has 8 aromatic rings. The Morgan fingerprint density at radius 3 is 1.26 bits per heavy atom. The molecule has 16 rings (SSSR count). The number of fused-ring (bicyclic) bond motifs is 8. The molecule has 4 heterocycles. The molecule has 2 saturated carbocycles. The van der Waals surface area contributed by atoms with Crippen molar-refractivity contribution >= 4 is 63.5 Å². The number of halogens is 2. The first-order valence-electron chi connectivity index (χ1n) is 43.9. The lowest BCUT2D eigenvalue weighted by molar-refractivity contribution is -0.139. The van der Waals surface area contributed by atoms with E-state index in [1.54, 1.807) is 58.6 Å². The summed E-state index contributed by atoms with van der Waals surface area (Å²) >= 11 is 0. The van der Waals surface area contributed by atoms with Crippen LogP contribution >= 0.6 is 0 Å². The van der Waals surface area contributed by atoms with Gasteiger partial charge in [-0.2, -0.15) is 0 Å². The minimum Gasteiger partial charge on any atom is -0.507 e. The fraction of sp³-hybridized carbons (Fsp3) is 0.455. The maximum absolute atomic E-state index is 17.6. The van der Waals surface area contributed by atoms with Crippen LogP contribution in [0, 0.1) is 35.3 Å². The highest BCUT2D eigenvalue weighted by atomic mass is 28.4. The number of nitrogens with two attached hydrogens (primary N) is 1. The zero-order valence-electron chi connectivity index (χ0n) is 75.3. The number of benzene rings is 6. The number of carbonyl (C=O) groups is 6. The predicted octanol–water partition coefficient (Wildman–Crippen LogP) is 20.3. The Morgan fingerprint density at radius 1 is 0.535 bits per heavy atom. The molecule has 2 unspecified atom stereocenters. The molecule has 6 aromatic carbocycles. The van der Waals surface area contributed by atoms with Crippen LogP contribution in [-0.4, -0.2) is 124 Å². The minimum absolute atomic E-state index is 0.00535. The van der Waals surface area contributed by atoms with Gasteiger partial charge in [0.15, 0.2) is 39.4 Å². The Morgan fingerprint density at radius 2 is 0.890 bits per heavy atom. The lowest BCUT2D eigenvalue weighted by atomic mass is 9.57. The molecule has 8 aliphatic rings. The molecular formula is C99H116F2N6O18Si2. The van der Waals surface area contributed by atoms with Crippen LogP contribution in [0.3, 0.4) is 0 Å². The van der Waals surface area contributed by atoms with Crippen LogP contribution in [0.5, 0.6) is 23.3 Å². The van der Waals surface area contributed by atoms with Gasteiger partial charge in [0.05, 0.1) is 35.3 Å². The number of aliphatic hydroxyl groups excluding tert-OH is 2. The van der Waals surface area contributed by atoms with Crippen molar-refractivity contribution in [3.05, 3.63) is 247 Å². The summed E-state index contributed by atoms with van der Waals surface area (Å²) in [6, 6.07) is 37.4. The van der Waals surface area contributed by atoms with Crippen molar-refractivity contribution in [1.29, 1.82) is 0 Å². The maximum atomic E-state index is 17.6. The first-order valence-corrected chi connectivity index (χ1v) is 49.7. The van der Waals surface area contributed by atoms with E-state index in [4.69, 9.17) is 52.1 Å². The van der Waals surface area contributed by atoms with Crippen LogP contribution in [0.1, 0.15) is 234 Å². The summed E-state index contributed by atoms with van der Waals surface area (Å²) in [5.41, 5.74) is 5.15. The van der Waals surface area contributed by atoms with E-state index >= 15 is 28.0 Å². The monoisotopic (exact) mass is 1770 g/mol. The second-order valence-corrected chi connectivity index (χ2v) is 49.2. The van der Waals surface area contributed by atoms with Gasteiger partial charge in [-0.05, 0) is 186 Å². The molecule has 2 aromatic heterocycles. The van der Waals surface area contributed by atoms with Crippen molar-refractivity contribution in [1.82, 2.24) is 25.4 Å². The van der Waals surface area contributed by atoms with E-state index in [1.165, 1.54) is 11.0 Å². The molecule has 6 aliphatic carbocycles. The molecule has 0 radical (unpaired) electrons. The molecule has 24 nitrogen and oxygen atoms in total. The standard InChI is InChI=1S/C51H60FN3O9Si.C48H56FN3O9Si/c1-10-23-53-42-35-26-32-25-34-39(37(60-28-30-18-13-11-14-19-30)27-33(41(34)52)36-22-17-24-55(36)48(59)62-49(2,3)4)43(56)38(32)45(57)51(35,64-65(8,9)50(5,6)7)46(58)40-44(42)63-54-47(40)61-29-31-20-15-12-16-21-31;1-46(2,3)59-45(56)52-21-15-20-33(52)30-24-34(57-25-27-16-11-9-12-17-27)36-31(38(30)49)22-29-23-32-39(50)41-37(44(51-60-41)58-26-28-18-13-10-14-19-28)43(55)48(32,42(54)35(29)40(36)53)61-62(7,8)47(4,5)6/h10-16,18-21,27,32,35-36,42,53,56H,1,17,22-26,28-29H2,2-9H3;9-14,16-19,24,29,32-33,39,53H,15,20-23,25-26,50H2,1-8H3/t32-,35-,36?,42-,51-;29-,32-,33?,39-,48-/m00/s1. The Hall–Kier alpha value is -10.9. The number of hydrogen-bond acceptors (Lipinski definition) is 22. The summed E-state index contributed by atoms with van der Waals surface area (Å²) in [6.45, 7) is 35.9. The van der Waals surface area contributed by atoms with E-state index < -0.39 is 155 Å². The van der Waals surface area contributed by atoms with Crippen molar-refractivity contribution < 1.29 is 94.1 Å². The second-order valence-electron chi connectivity index (χ2n) is 39.7. The highest BCUT2D eigenvalue weighted by Crippen LogP contribution is 2.62. The van der Waals surface area contributed by atoms with Crippen LogP contribution in [0.25, 0.3) is 11.5 Å². The van der Waals surface area contributed by atoms with Gasteiger partial charge in [-0.25, -0.2) is 18.4 Å². The SMILES string of the molecule is C=CCN[C@@H]1c2onc(OCc3ccccc3)c2C(=O)[C@@]2(O[Si](C)(C)C(C)(C)C)C(=O)C3=C(O)c4c(OCc5ccccc5)cc(C5CCCN5C(=O)OC(C)(C)C)c(F)c4C[C@H]3C[C@@H]12.CC(C)(C)OC(=O)N1CCCC1c1cc(OCc2ccccc2)c2c(c1F)C[C@H]1C[C@H]3[C@H](N)c4onc(OCc5ccccc5)c4C(=O)[C@@]3(O[Si](C)(C)C(C)(C)C)C(=O)C1=C2O. The third-order valence-electron chi connectivity index (χ3n) is 26.9. The fourth-order valence-electron chi connectivity index (χ4n) is 18.8. The lowest BCUT2D eigenvalue weighted by Gasteiger charge is -2.54. The molecule has 0 bridgehead atoms. The average Bonchev–Trinajstić information content (AvgIpc) is 1.66. The molecule has 10 atom stereocenters. The molecule has 28 heteroatoms. The van der Waals surface area contributed by atoms with Gasteiger partial charge in [-0.15, -0.1) is 6.58 Å². The summed E-state index contributed by atoms with van der Waals surface area (Å²) in [4.78, 5) is 93.0. The quantitative estimate of drug-likeness (QED) is 0.0295. The summed E-state index contributed by atoms with van der Waals surface area (Å²) in [5.74, 6) is -7.98. The number of amides is 2. The number of ketones is 4. The molecule has 2 saturated heterocycles. The lowest BCUT2D eigenvalue weighted by Crippen LogP contribution is -2.68. The van der Waals surface area contributed by atoms with Gasteiger partial charge in [0.25, 0.3) is 11.8 Å². The molecule has 4 fully saturated rings. The third-order valence-corrected chi connectivity index (χ3v) is 35.8.